The summed E-state index contributed by atoms with van der Waals surface area (Å²) < 4.78 is 18.5. The molecule has 8 heteroatoms. The van der Waals surface area contributed by atoms with E-state index in [9.17, 15) is 9.59 Å². The molecule has 3 aromatic rings. The zero-order chi connectivity index (χ0) is 27.8. The number of para-hydroxylation sites is 1. The number of rotatable bonds is 11. The van der Waals surface area contributed by atoms with Crippen molar-refractivity contribution in [2.75, 3.05) is 13.2 Å². The highest BCUT2D eigenvalue weighted by Gasteiger charge is 2.23. The number of ether oxygens (including phenoxy) is 3. The van der Waals surface area contributed by atoms with Gasteiger partial charge in [-0.15, -0.1) is 6.58 Å². The highest BCUT2D eigenvalue weighted by Crippen LogP contribution is 2.35. The summed E-state index contributed by atoms with van der Waals surface area (Å²) in [7, 11) is 0. The van der Waals surface area contributed by atoms with Crippen LogP contribution >= 0.6 is 0 Å². The maximum absolute atomic E-state index is 13.6. The molecule has 2 aromatic carbocycles. The van der Waals surface area contributed by atoms with Crippen LogP contribution in [0.4, 0.5) is 0 Å². The van der Waals surface area contributed by atoms with Crippen LogP contribution in [0.3, 0.4) is 0 Å². The Labute approximate surface area is 229 Å². The second-order valence-electron chi connectivity index (χ2n) is 9.63. The second kappa shape index (κ2) is 13.2. The predicted octanol–water partition coefficient (Wildman–Crippen LogP) is 5.78. The maximum Gasteiger partial charge on any atom is 0.347 e. The van der Waals surface area contributed by atoms with Gasteiger partial charge in [-0.3, -0.25) is 4.79 Å². The predicted molar refractivity (Wildman–Crippen MR) is 153 cm³/mol. The van der Waals surface area contributed by atoms with Gasteiger partial charge in [-0.1, -0.05) is 37.5 Å². The molecule has 0 N–H and O–H groups in total. The molecule has 0 spiro atoms. The van der Waals surface area contributed by atoms with Crippen molar-refractivity contribution in [1.82, 2.24) is 9.66 Å². The van der Waals surface area contributed by atoms with Crippen LogP contribution in [0.2, 0.25) is 0 Å². The Bertz CT molecular complexity index is 1410. The fourth-order valence-electron chi connectivity index (χ4n) is 4.95. The Morgan fingerprint density at radius 3 is 2.67 bits per heavy atom. The zero-order valence-corrected chi connectivity index (χ0v) is 23.0. The van der Waals surface area contributed by atoms with Crippen LogP contribution in [0.1, 0.15) is 75.7 Å². The number of fused-ring (bicyclic) bond motifs is 1. The van der Waals surface area contributed by atoms with Gasteiger partial charge >= 0.3 is 5.97 Å². The van der Waals surface area contributed by atoms with Gasteiger partial charge in [0.15, 0.2) is 17.6 Å². The SMILES string of the molecule is C=CCc1cc(C=Nn2c(C3CCCCC3)nc3ccccc3c2=O)cc(OCC)c1O[C@H](C)C(=O)OCC. The van der Waals surface area contributed by atoms with Crippen molar-refractivity contribution in [2.45, 2.75) is 71.3 Å². The summed E-state index contributed by atoms with van der Waals surface area (Å²) in [5, 5.41) is 5.20. The monoisotopic (exact) mass is 531 g/mol. The summed E-state index contributed by atoms with van der Waals surface area (Å²) >= 11 is 0. The van der Waals surface area contributed by atoms with Crippen LogP contribution in [0.5, 0.6) is 11.5 Å². The third-order valence-corrected chi connectivity index (χ3v) is 6.80. The van der Waals surface area contributed by atoms with E-state index in [4.69, 9.17) is 19.2 Å². The summed E-state index contributed by atoms with van der Waals surface area (Å²) in [5.41, 5.74) is 2.02. The van der Waals surface area contributed by atoms with Gasteiger partial charge in [0.25, 0.3) is 5.56 Å². The quantitative estimate of drug-likeness (QED) is 0.177. The minimum absolute atomic E-state index is 0.183. The molecule has 4 rings (SSSR count). The Morgan fingerprint density at radius 2 is 1.95 bits per heavy atom. The lowest BCUT2D eigenvalue weighted by molar-refractivity contribution is -0.150. The van der Waals surface area contributed by atoms with Crippen LogP contribution in [0.15, 0.2) is 58.9 Å². The van der Waals surface area contributed by atoms with Crippen LogP contribution in [-0.4, -0.2) is 41.2 Å². The average Bonchev–Trinajstić information content (AvgIpc) is 2.95. The van der Waals surface area contributed by atoms with Crippen molar-refractivity contribution in [3.8, 4) is 11.5 Å². The first kappa shape index (κ1) is 28.1. The minimum atomic E-state index is -0.812. The van der Waals surface area contributed by atoms with Crippen LogP contribution in [0, 0.1) is 0 Å². The molecular weight excluding hydrogens is 494 g/mol. The van der Waals surface area contributed by atoms with Gasteiger partial charge in [-0.2, -0.15) is 9.78 Å². The molecule has 1 aromatic heterocycles. The Morgan fingerprint density at radius 1 is 1.18 bits per heavy atom. The molecule has 0 amide bonds. The first-order valence-electron chi connectivity index (χ1n) is 13.8. The van der Waals surface area contributed by atoms with Crippen molar-refractivity contribution in [3.05, 3.63) is 76.4 Å². The number of carbonyl (C=O) groups is 1. The Balaban J connectivity index is 1.77. The Hall–Kier alpha value is -3.94. The van der Waals surface area contributed by atoms with Crippen molar-refractivity contribution < 1.29 is 19.0 Å². The number of hydrogen-bond acceptors (Lipinski definition) is 7. The number of allylic oxidation sites excluding steroid dienone is 1. The maximum atomic E-state index is 13.6. The third-order valence-electron chi connectivity index (χ3n) is 6.80. The molecular formula is C31H37N3O5. The molecule has 0 radical (unpaired) electrons. The topological polar surface area (TPSA) is 92.0 Å². The molecule has 1 saturated carbocycles. The van der Waals surface area contributed by atoms with Gasteiger partial charge in [0.2, 0.25) is 0 Å². The van der Waals surface area contributed by atoms with E-state index in [2.05, 4.69) is 11.7 Å². The summed E-state index contributed by atoms with van der Waals surface area (Å²) in [4.78, 5) is 30.7. The molecule has 39 heavy (non-hydrogen) atoms. The normalized spacial score (nSPS) is 14.8. The first-order chi connectivity index (χ1) is 19.0. The molecule has 0 unspecified atom stereocenters. The van der Waals surface area contributed by atoms with Crippen LogP contribution < -0.4 is 15.0 Å². The smallest absolute Gasteiger partial charge is 0.347 e. The van der Waals surface area contributed by atoms with Crippen molar-refractivity contribution in [2.24, 2.45) is 5.10 Å². The number of aromatic nitrogens is 2. The minimum Gasteiger partial charge on any atom is -0.490 e. The zero-order valence-electron chi connectivity index (χ0n) is 23.0. The van der Waals surface area contributed by atoms with E-state index in [-0.39, 0.29) is 18.1 Å². The molecule has 0 saturated heterocycles. The molecule has 8 nitrogen and oxygen atoms in total. The van der Waals surface area contributed by atoms with Gasteiger partial charge in [0.05, 0.1) is 30.3 Å². The number of benzene rings is 2. The van der Waals surface area contributed by atoms with E-state index >= 15 is 0 Å². The summed E-state index contributed by atoms with van der Waals surface area (Å²) in [6.45, 7) is 9.82. The molecule has 1 atom stereocenters. The largest absolute Gasteiger partial charge is 0.490 e. The fourth-order valence-corrected chi connectivity index (χ4v) is 4.95. The number of nitrogens with zero attached hydrogens (tertiary/aromatic N) is 3. The van der Waals surface area contributed by atoms with Gasteiger partial charge in [0, 0.05) is 11.5 Å². The van der Waals surface area contributed by atoms with E-state index < -0.39 is 12.1 Å². The summed E-state index contributed by atoms with van der Waals surface area (Å²) in [5.74, 6) is 1.37. The number of carbonyl (C=O) groups excluding carboxylic acids is 1. The lowest BCUT2D eigenvalue weighted by atomic mass is 9.88. The van der Waals surface area contributed by atoms with E-state index in [1.165, 1.54) is 11.1 Å². The van der Waals surface area contributed by atoms with E-state index in [0.29, 0.717) is 41.3 Å². The molecule has 1 heterocycles. The summed E-state index contributed by atoms with van der Waals surface area (Å²) in [6, 6.07) is 11.1. The van der Waals surface area contributed by atoms with Crippen molar-refractivity contribution in [3.63, 3.8) is 0 Å². The molecule has 1 fully saturated rings. The fraction of sp³-hybridized carbons (Fsp3) is 0.419. The lowest BCUT2D eigenvalue weighted by Gasteiger charge is -2.22. The molecule has 206 valence electrons. The second-order valence-corrected chi connectivity index (χ2v) is 9.63. The standard InChI is InChI=1S/C31H37N3O5/c1-5-13-24-18-22(19-27(37-6-2)28(24)39-21(4)31(36)38-7-3)20-32-34-29(23-14-9-8-10-15-23)33-26-17-12-11-16-25(26)30(34)35/h5,11-12,16-21,23H,1,6-10,13-15H2,2-4H3/t21-/m1/s1. The number of hydrogen-bond donors (Lipinski definition) is 0. The molecule has 0 aliphatic heterocycles. The first-order valence-corrected chi connectivity index (χ1v) is 13.8. The average molecular weight is 532 g/mol. The van der Waals surface area contributed by atoms with Crippen molar-refractivity contribution in [1.29, 1.82) is 0 Å². The van der Waals surface area contributed by atoms with E-state index in [0.717, 1.165) is 36.8 Å². The van der Waals surface area contributed by atoms with Gasteiger partial charge in [0.1, 0.15) is 5.82 Å². The van der Waals surface area contributed by atoms with Gasteiger partial charge < -0.3 is 14.2 Å². The van der Waals surface area contributed by atoms with Crippen LogP contribution in [0.25, 0.3) is 10.9 Å². The highest BCUT2D eigenvalue weighted by atomic mass is 16.6. The molecule has 1 aliphatic carbocycles. The summed E-state index contributed by atoms with van der Waals surface area (Å²) in [6.07, 6.45) is 8.49. The van der Waals surface area contributed by atoms with Crippen molar-refractivity contribution >= 4 is 23.1 Å². The van der Waals surface area contributed by atoms with E-state index in [1.807, 2.05) is 31.2 Å². The Kier molecular flexibility index (Phi) is 9.52. The van der Waals surface area contributed by atoms with Gasteiger partial charge in [-0.25, -0.2) is 9.78 Å². The molecule has 1 aliphatic rings. The van der Waals surface area contributed by atoms with Crippen LogP contribution in [-0.2, 0) is 16.0 Å². The molecule has 0 bridgehead atoms. The van der Waals surface area contributed by atoms with Gasteiger partial charge in [-0.05, 0) is 69.9 Å². The van der Waals surface area contributed by atoms with E-state index in [1.54, 1.807) is 38.3 Å². The lowest BCUT2D eigenvalue weighted by Crippen LogP contribution is -2.26. The number of esters is 1. The third kappa shape index (κ3) is 6.56. The highest BCUT2D eigenvalue weighted by molar-refractivity contribution is 5.82.